The molecule has 1 heterocycles. The van der Waals surface area contributed by atoms with Crippen molar-refractivity contribution in [2.24, 2.45) is 4.99 Å². The highest BCUT2D eigenvalue weighted by atomic mass is 19.1. The van der Waals surface area contributed by atoms with Gasteiger partial charge >= 0.3 is 0 Å². The summed E-state index contributed by atoms with van der Waals surface area (Å²) in [5, 5.41) is 10.3. The summed E-state index contributed by atoms with van der Waals surface area (Å²) in [7, 11) is 0. The maximum Gasteiger partial charge on any atom is 0.223 e. The van der Waals surface area contributed by atoms with E-state index in [4.69, 9.17) is 4.52 Å². The highest BCUT2D eigenvalue weighted by Crippen LogP contribution is 2.22. The van der Waals surface area contributed by atoms with Crippen LogP contribution in [0.3, 0.4) is 0 Å². The fraction of sp³-hybridized carbons (Fsp3) is 0.471. The van der Waals surface area contributed by atoms with Gasteiger partial charge in [0.1, 0.15) is 12.4 Å². The van der Waals surface area contributed by atoms with E-state index in [0.29, 0.717) is 30.8 Å². The minimum atomic E-state index is -0.249. The van der Waals surface area contributed by atoms with Crippen LogP contribution in [0.2, 0.25) is 0 Å². The van der Waals surface area contributed by atoms with E-state index in [1.807, 2.05) is 13.0 Å². The Morgan fingerprint density at radius 1 is 1.33 bits per heavy atom. The largest absolute Gasteiger partial charge is 0.357 e. The van der Waals surface area contributed by atoms with E-state index in [2.05, 4.69) is 39.6 Å². The number of guanidine groups is 1. The Balaban J connectivity index is 2.01. The number of aliphatic imine (C=N–C) groups is 1. The van der Waals surface area contributed by atoms with Gasteiger partial charge in [0.05, 0.1) is 0 Å². The lowest BCUT2D eigenvalue weighted by Gasteiger charge is -2.26. The molecule has 0 radical (unpaired) electrons. The molecule has 0 saturated heterocycles. The lowest BCUT2D eigenvalue weighted by Crippen LogP contribution is -2.43. The molecule has 2 aromatic rings. The van der Waals surface area contributed by atoms with E-state index in [0.717, 1.165) is 12.1 Å². The molecular weight excluding hydrogens is 309 g/mol. The number of aryl methyl sites for hydroxylation is 1. The molecule has 1 aromatic heterocycles. The first-order valence-electron chi connectivity index (χ1n) is 7.98. The molecule has 24 heavy (non-hydrogen) atoms. The molecular formula is C17H24FN5O. The molecule has 2 rings (SSSR count). The van der Waals surface area contributed by atoms with Gasteiger partial charge in [-0.2, -0.15) is 4.98 Å². The smallest absolute Gasteiger partial charge is 0.223 e. The van der Waals surface area contributed by atoms with Crippen LogP contribution in [0, 0.1) is 12.7 Å². The Morgan fingerprint density at radius 2 is 2.12 bits per heavy atom. The van der Waals surface area contributed by atoms with E-state index in [9.17, 15) is 4.39 Å². The molecule has 6 nitrogen and oxygen atoms in total. The molecule has 7 heteroatoms. The summed E-state index contributed by atoms with van der Waals surface area (Å²) >= 11 is 0. The summed E-state index contributed by atoms with van der Waals surface area (Å²) in [5.41, 5.74) is 0.681. The minimum absolute atomic E-state index is 0.228. The number of benzene rings is 1. The fourth-order valence-electron chi connectivity index (χ4n) is 2.21. The van der Waals surface area contributed by atoms with Crippen molar-refractivity contribution >= 4 is 5.96 Å². The highest BCUT2D eigenvalue weighted by Gasteiger charge is 2.21. The maximum absolute atomic E-state index is 13.4. The molecule has 0 bridgehead atoms. The molecule has 1 aromatic carbocycles. The van der Waals surface area contributed by atoms with Crippen molar-refractivity contribution in [1.29, 1.82) is 0 Å². The van der Waals surface area contributed by atoms with Crippen molar-refractivity contribution < 1.29 is 8.91 Å². The van der Waals surface area contributed by atoms with Gasteiger partial charge in [-0.25, -0.2) is 9.38 Å². The zero-order chi connectivity index (χ0) is 17.6. The Hall–Kier alpha value is -2.44. The van der Waals surface area contributed by atoms with Crippen LogP contribution in [-0.4, -0.2) is 29.2 Å². The molecule has 0 aliphatic rings. The number of nitrogens with one attached hydrogen (secondary N) is 2. The Kier molecular flexibility index (Phi) is 5.89. The van der Waals surface area contributed by atoms with Gasteiger partial charge in [-0.15, -0.1) is 0 Å². The van der Waals surface area contributed by atoms with Gasteiger partial charge in [-0.1, -0.05) is 31.1 Å². The maximum atomic E-state index is 13.4. The number of hydrogen-bond acceptors (Lipinski definition) is 4. The Morgan fingerprint density at radius 3 is 2.75 bits per heavy atom. The van der Waals surface area contributed by atoms with Crippen molar-refractivity contribution in [2.45, 2.75) is 39.7 Å². The van der Waals surface area contributed by atoms with Crippen LogP contribution in [-0.2, 0) is 12.0 Å². The summed E-state index contributed by atoms with van der Waals surface area (Å²) in [6.07, 6.45) is 0. The van der Waals surface area contributed by atoms with Gasteiger partial charge in [0.2, 0.25) is 5.89 Å². The summed E-state index contributed by atoms with van der Waals surface area (Å²) in [4.78, 5) is 8.57. The lowest BCUT2D eigenvalue weighted by molar-refractivity contribution is 0.387. The summed E-state index contributed by atoms with van der Waals surface area (Å²) in [6.45, 7) is 9.51. The third-order valence-electron chi connectivity index (χ3n) is 3.60. The number of hydrogen-bond donors (Lipinski definition) is 2. The van der Waals surface area contributed by atoms with Crippen LogP contribution < -0.4 is 10.6 Å². The van der Waals surface area contributed by atoms with Gasteiger partial charge in [0.25, 0.3) is 0 Å². The van der Waals surface area contributed by atoms with E-state index >= 15 is 0 Å². The second kappa shape index (κ2) is 7.90. The third kappa shape index (κ3) is 5.04. The Bertz CT molecular complexity index is 696. The van der Waals surface area contributed by atoms with Crippen molar-refractivity contribution in [3.05, 3.63) is 47.4 Å². The van der Waals surface area contributed by atoms with Gasteiger partial charge in [0, 0.05) is 25.4 Å². The number of halogens is 1. The van der Waals surface area contributed by atoms with Crippen LogP contribution in [0.4, 0.5) is 4.39 Å². The van der Waals surface area contributed by atoms with E-state index in [1.54, 1.807) is 19.1 Å². The van der Waals surface area contributed by atoms with Crippen molar-refractivity contribution in [2.75, 3.05) is 13.1 Å². The van der Waals surface area contributed by atoms with Crippen LogP contribution in [0.1, 0.15) is 38.0 Å². The van der Waals surface area contributed by atoms with Crippen LogP contribution >= 0.6 is 0 Å². The molecule has 0 spiro atoms. The minimum Gasteiger partial charge on any atom is -0.357 e. The molecule has 0 aliphatic carbocycles. The van der Waals surface area contributed by atoms with Gasteiger partial charge in [-0.05, 0) is 24.6 Å². The van der Waals surface area contributed by atoms with Crippen molar-refractivity contribution in [3.8, 4) is 0 Å². The number of rotatable bonds is 6. The van der Waals surface area contributed by atoms with Crippen molar-refractivity contribution in [1.82, 2.24) is 20.8 Å². The monoisotopic (exact) mass is 333 g/mol. The van der Waals surface area contributed by atoms with Gasteiger partial charge in [-0.3, -0.25) is 0 Å². The van der Waals surface area contributed by atoms with Crippen LogP contribution in [0.25, 0.3) is 0 Å². The number of nitrogens with zero attached hydrogens (tertiary/aromatic N) is 3. The predicted octanol–water partition coefficient (Wildman–Crippen LogP) is 2.55. The van der Waals surface area contributed by atoms with E-state index in [-0.39, 0.29) is 11.2 Å². The molecule has 0 aliphatic heterocycles. The lowest BCUT2D eigenvalue weighted by atomic mass is 9.84. The SMILES string of the molecule is CCNC(=NCc1noc(C)n1)NCC(C)(C)c1cccc(F)c1. The third-order valence-corrected chi connectivity index (χ3v) is 3.60. The molecule has 130 valence electrons. The standard InChI is InChI=1S/C17H24FN5O/c1-5-19-16(20-10-15-22-12(2)24-23-15)21-11-17(3,4)13-7-6-8-14(18)9-13/h6-9H,5,10-11H2,1-4H3,(H2,19,20,21). The normalized spacial score (nSPS) is 12.3. The van der Waals surface area contributed by atoms with Crippen LogP contribution in [0.15, 0.2) is 33.8 Å². The topological polar surface area (TPSA) is 75.3 Å². The summed E-state index contributed by atoms with van der Waals surface area (Å²) < 4.78 is 18.4. The first kappa shape index (κ1) is 17.9. The average Bonchev–Trinajstić information content (AvgIpc) is 2.95. The molecule has 0 unspecified atom stereocenters. The molecule has 0 fully saturated rings. The number of aromatic nitrogens is 2. The van der Waals surface area contributed by atoms with Gasteiger partial charge in [0.15, 0.2) is 11.8 Å². The molecule has 0 atom stereocenters. The molecule has 2 N–H and O–H groups in total. The van der Waals surface area contributed by atoms with E-state index in [1.165, 1.54) is 6.07 Å². The summed E-state index contributed by atoms with van der Waals surface area (Å²) in [5.74, 6) is 1.48. The molecule has 0 amide bonds. The fourth-order valence-corrected chi connectivity index (χ4v) is 2.21. The average molecular weight is 333 g/mol. The van der Waals surface area contributed by atoms with Gasteiger partial charge < -0.3 is 15.2 Å². The highest BCUT2D eigenvalue weighted by molar-refractivity contribution is 5.79. The zero-order valence-electron chi connectivity index (χ0n) is 14.6. The first-order chi connectivity index (χ1) is 11.4. The quantitative estimate of drug-likeness (QED) is 0.628. The second-order valence-electron chi connectivity index (χ2n) is 6.17. The first-order valence-corrected chi connectivity index (χ1v) is 7.98. The van der Waals surface area contributed by atoms with Crippen molar-refractivity contribution in [3.63, 3.8) is 0 Å². The van der Waals surface area contributed by atoms with Crippen LogP contribution in [0.5, 0.6) is 0 Å². The van der Waals surface area contributed by atoms with E-state index < -0.39 is 0 Å². The molecule has 0 saturated carbocycles. The zero-order valence-corrected chi connectivity index (χ0v) is 14.6. The Labute approximate surface area is 141 Å². The second-order valence-corrected chi connectivity index (χ2v) is 6.17. The summed E-state index contributed by atoms with van der Waals surface area (Å²) in [6, 6.07) is 6.67. The predicted molar refractivity (Wildman–Crippen MR) is 91.3 cm³/mol.